The van der Waals surface area contributed by atoms with E-state index in [1.165, 1.54) is 11.8 Å². The summed E-state index contributed by atoms with van der Waals surface area (Å²) in [6.45, 7) is 6.31. The summed E-state index contributed by atoms with van der Waals surface area (Å²) < 4.78 is 1.88. The number of aryl methyl sites for hydroxylation is 1. The van der Waals surface area contributed by atoms with Crippen LogP contribution < -0.4 is 10.6 Å². The Hall–Kier alpha value is -2.55. The zero-order chi connectivity index (χ0) is 23.3. The minimum absolute atomic E-state index is 0.126. The fraction of sp³-hybridized carbons (Fsp3) is 0.273. The highest BCUT2D eigenvalue weighted by Crippen LogP contribution is 2.26. The number of thioether (sulfide) groups is 1. The number of hydrogen-bond acceptors (Lipinski definition) is 5. The maximum Gasteiger partial charge on any atom is 0.252 e. The van der Waals surface area contributed by atoms with E-state index in [9.17, 15) is 9.59 Å². The average Bonchev–Trinajstić information content (AvgIpc) is 3.17. The van der Waals surface area contributed by atoms with E-state index in [2.05, 4.69) is 20.8 Å². The van der Waals surface area contributed by atoms with E-state index in [1.807, 2.05) is 43.5 Å². The zero-order valence-electron chi connectivity index (χ0n) is 17.9. The topological polar surface area (TPSA) is 88.9 Å². The van der Waals surface area contributed by atoms with Crippen molar-refractivity contribution in [3.8, 4) is 0 Å². The van der Waals surface area contributed by atoms with Crippen LogP contribution in [0.2, 0.25) is 10.0 Å². The molecule has 1 heterocycles. The Bertz CT molecular complexity index is 1140. The van der Waals surface area contributed by atoms with Crippen LogP contribution in [0.3, 0.4) is 0 Å². The van der Waals surface area contributed by atoms with Gasteiger partial charge in [0.15, 0.2) is 11.0 Å². The van der Waals surface area contributed by atoms with Crippen LogP contribution in [-0.2, 0) is 11.3 Å². The lowest BCUT2D eigenvalue weighted by atomic mass is 10.1. The second-order valence-corrected chi connectivity index (χ2v) is 8.84. The number of carbonyl (C=O) groups is 2. The van der Waals surface area contributed by atoms with E-state index in [-0.39, 0.29) is 23.6 Å². The van der Waals surface area contributed by atoms with Crippen molar-refractivity contribution >= 4 is 52.5 Å². The fourth-order valence-electron chi connectivity index (χ4n) is 3.10. The van der Waals surface area contributed by atoms with Gasteiger partial charge < -0.3 is 15.2 Å². The third kappa shape index (κ3) is 5.82. The molecule has 2 N–H and O–H groups in total. The summed E-state index contributed by atoms with van der Waals surface area (Å²) >= 11 is 13.2. The van der Waals surface area contributed by atoms with Crippen molar-refractivity contribution in [3.63, 3.8) is 0 Å². The molecular weight excluding hydrogens is 469 g/mol. The normalized spacial score (nSPS) is 11.8. The van der Waals surface area contributed by atoms with Crippen molar-refractivity contribution in [1.29, 1.82) is 0 Å². The highest BCUT2D eigenvalue weighted by atomic mass is 35.5. The van der Waals surface area contributed by atoms with Crippen molar-refractivity contribution in [2.45, 2.75) is 38.5 Å². The molecule has 0 unspecified atom stereocenters. The number of halogens is 2. The van der Waals surface area contributed by atoms with Crippen LogP contribution in [-0.4, -0.2) is 32.3 Å². The molecule has 0 saturated carbocycles. The molecule has 2 amide bonds. The summed E-state index contributed by atoms with van der Waals surface area (Å²) in [6.07, 6.45) is 0. The molecular formula is C22H23Cl2N5O2S. The number of amides is 2. The number of nitrogens with one attached hydrogen (secondary N) is 2. The maximum atomic E-state index is 12.6. The molecule has 7 nitrogen and oxygen atoms in total. The predicted molar refractivity (Wildman–Crippen MR) is 129 cm³/mol. The molecule has 0 aliphatic carbocycles. The van der Waals surface area contributed by atoms with Gasteiger partial charge in [0.05, 0.1) is 22.5 Å². The largest absolute Gasteiger partial charge is 0.342 e. The molecule has 0 fully saturated rings. The summed E-state index contributed by atoms with van der Waals surface area (Å²) in [7, 11) is 0. The number of hydrogen-bond donors (Lipinski definition) is 2. The van der Waals surface area contributed by atoms with Crippen molar-refractivity contribution in [1.82, 2.24) is 20.1 Å². The Morgan fingerprint density at radius 3 is 2.59 bits per heavy atom. The van der Waals surface area contributed by atoms with E-state index in [4.69, 9.17) is 23.2 Å². The molecule has 10 heteroatoms. The Morgan fingerprint density at radius 1 is 1.16 bits per heavy atom. The van der Waals surface area contributed by atoms with Gasteiger partial charge in [0, 0.05) is 17.1 Å². The van der Waals surface area contributed by atoms with Crippen molar-refractivity contribution in [2.24, 2.45) is 0 Å². The van der Waals surface area contributed by atoms with Crippen molar-refractivity contribution in [2.75, 3.05) is 11.1 Å². The third-order valence-electron chi connectivity index (χ3n) is 4.72. The summed E-state index contributed by atoms with van der Waals surface area (Å²) in [4.78, 5) is 25.0. The van der Waals surface area contributed by atoms with E-state index in [0.717, 1.165) is 5.56 Å². The molecule has 0 bridgehead atoms. The molecule has 1 atom stereocenters. The Morgan fingerprint density at radius 2 is 1.91 bits per heavy atom. The lowest BCUT2D eigenvalue weighted by Crippen LogP contribution is -2.29. The number of anilines is 1. The minimum atomic E-state index is -0.356. The molecule has 168 valence electrons. The second kappa shape index (κ2) is 10.8. The van der Waals surface area contributed by atoms with E-state index in [0.29, 0.717) is 38.8 Å². The van der Waals surface area contributed by atoms with Gasteiger partial charge in [-0.3, -0.25) is 9.59 Å². The molecule has 0 aliphatic rings. The second-order valence-electron chi connectivity index (χ2n) is 7.06. The number of rotatable bonds is 8. The maximum absolute atomic E-state index is 12.6. The van der Waals surface area contributed by atoms with E-state index < -0.39 is 0 Å². The van der Waals surface area contributed by atoms with Crippen LogP contribution in [0.1, 0.15) is 41.6 Å². The first-order valence-corrected chi connectivity index (χ1v) is 11.7. The van der Waals surface area contributed by atoms with E-state index >= 15 is 0 Å². The third-order valence-corrected chi connectivity index (χ3v) is 6.24. The van der Waals surface area contributed by atoms with Gasteiger partial charge in [0.25, 0.3) is 5.91 Å². The van der Waals surface area contributed by atoms with Gasteiger partial charge in [-0.05, 0) is 50.6 Å². The van der Waals surface area contributed by atoms with Crippen LogP contribution in [0.5, 0.6) is 0 Å². The SMILES string of the molecule is CCn1c(SCC(=O)Nc2ccc(Cl)cc2Cl)nnc1[C@H](C)NC(=O)c1ccccc1C. The molecule has 0 saturated heterocycles. The monoisotopic (exact) mass is 491 g/mol. The Kier molecular flexibility index (Phi) is 8.17. The number of aromatic nitrogens is 3. The summed E-state index contributed by atoms with van der Waals surface area (Å²) in [5.41, 5.74) is 2.01. The first-order chi connectivity index (χ1) is 15.3. The zero-order valence-corrected chi connectivity index (χ0v) is 20.2. The quantitative estimate of drug-likeness (QED) is 0.426. The molecule has 1 aromatic heterocycles. The van der Waals surface area contributed by atoms with Crippen LogP contribution in [0, 0.1) is 6.92 Å². The van der Waals surface area contributed by atoms with E-state index in [1.54, 1.807) is 24.3 Å². The Labute approximate surface area is 200 Å². The highest BCUT2D eigenvalue weighted by molar-refractivity contribution is 7.99. The first-order valence-electron chi connectivity index (χ1n) is 9.97. The lowest BCUT2D eigenvalue weighted by molar-refractivity contribution is -0.113. The fourth-order valence-corrected chi connectivity index (χ4v) is 4.36. The van der Waals surface area contributed by atoms with Gasteiger partial charge in [-0.1, -0.05) is 53.2 Å². The molecule has 32 heavy (non-hydrogen) atoms. The van der Waals surface area contributed by atoms with Gasteiger partial charge in [-0.2, -0.15) is 0 Å². The first kappa shape index (κ1) is 24.1. The number of nitrogens with zero attached hydrogens (tertiary/aromatic N) is 3. The lowest BCUT2D eigenvalue weighted by Gasteiger charge is -2.16. The van der Waals surface area contributed by atoms with Gasteiger partial charge >= 0.3 is 0 Å². The van der Waals surface area contributed by atoms with Gasteiger partial charge in [-0.15, -0.1) is 10.2 Å². The number of carbonyl (C=O) groups excluding carboxylic acids is 2. The van der Waals surface area contributed by atoms with Crippen molar-refractivity contribution < 1.29 is 9.59 Å². The van der Waals surface area contributed by atoms with Crippen LogP contribution >= 0.6 is 35.0 Å². The smallest absolute Gasteiger partial charge is 0.252 e. The summed E-state index contributed by atoms with van der Waals surface area (Å²) in [5.74, 6) is 0.348. The van der Waals surface area contributed by atoms with Crippen molar-refractivity contribution in [3.05, 3.63) is 69.5 Å². The van der Waals surface area contributed by atoms with Gasteiger partial charge in [-0.25, -0.2) is 0 Å². The molecule has 3 rings (SSSR count). The standard InChI is InChI=1S/C22H23Cl2N5O2S/c1-4-29-20(14(3)25-21(31)16-8-6-5-7-13(16)2)27-28-22(29)32-12-19(30)26-18-10-9-15(23)11-17(18)24/h5-11,14H,4,12H2,1-3H3,(H,25,31)(H,26,30)/t14-/m0/s1. The molecule has 3 aromatic rings. The van der Waals surface area contributed by atoms with Crippen LogP contribution in [0.25, 0.3) is 0 Å². The van der Waals surface area contributed by atoms with Gasteiger partial charge in [0.2, 0.25) is 5.91 Å². The summed E-state index contributed by atoms with van der Waals surface area (Å²) in [6, 6.07) is 11.9. The van der Waals surface area contributed by atoms with Gasteiger partial charge in [0.1, 0.15) is 0 Å². The molecule has 0 aliphatic heterocycles. The Balaban J connectivity index is 1.64. The molecule has 0 spiro atoms. The highest BCUT2D eigenvalue weighted by Gasteiger charge is 2.21. The molecule has 2 aromatic carbocycles. The van der Waals surface area contributed by atoms with Crippen LogP contribution in [0.15, 0.2) is 47.6 Å². The minimum Gasteiger partial charge on any atom is -0.342 e. The average molecular weight is 492 g/mol. The predicted octanol–water partition coefficient (Wildman–Crippen LogP) is 5.14. The number of benzene rings is 2. The summed E-state index contributed by atoms with van der Waals surface area (Å²) in [5, 5.41) is 15.7. The molecule has 0 radical (unpaired) electrons. The van der Waals surface area contributed by atoms with Crippen LogP contribution in [0.4, 0.5) is 5.69 Å².